The summed E-state index contributed by atoms with van der Waals surface area (Å²) in [7, 11) is 1.78. The Bertz CT molecular complexity index is 638. The first-order chi connectivity index (χ1) is 12.9. The number of benzene rings is 1. The van der Waals surface area contributed by atoms with Crippen LogP contribution in [0.3, 0.4) is 0 Å². The van der Waals surface area contributed by atoms with E-state index in [4.69, 9.17) is 16.3 Å². The van der Waals surface area contributed by atoms with Crippen molar-refractivity contribution in [1.82, 2.24) is 15.5 Å². The van der Waals surface area contributed by atoms with Crippen LogP contribution in [-0.4, -0.2) is 56.3 Å². The van der Waals surface area contributed by atoms with Crippen LogP contribution >= 0.6 is 11.6 Å². The number of piperidine rings is 1. The lowest BCUT2D eigenvalue weighted by atomic mass is 9.85. The van der Waals surface area contributed by atoms with E-state index in [-0.39, 0.29) is 11.5 Å². The summed E-state index contributed by atoms with van der Waals surface area (Å²) in [5.41, 5.74) is 1.16. The smallest absolute Gasteiger partial charge is 0.409 e. The molecule has 6 nitrogen and oxygen atoms in total. The number of rotatable bonds is 5. The Morgan fingerprint density at radius 1 is 1.30 bits per heavy atom. The van der Waals surface area contributed by atoms with Gasteiger partial charge in [0.05, 0.1) is 6.61 Å². The van der Waals surface area contributed by atoms with E-state index in [1.165, 1.54) is 5.56 Å². The van der Waals surface area contributed by atoms with Gasteiger partial charge in [-0.15, -0.1) is 0 Å². The Hall–Kier alpha value is -1.95. The largest absolute Gasteiger partial charge is 0.450 e. The fourth-order valence-corrected chi connectivity index (χ4v) is 3.24. The minimum Gasteiger partial charge on any atom is -0.450 e. The van der Waals surface area contributed by atoms with E-state index in [0.717, 1.165) is 30.4 Å². The highest BCUT2D eigenvalue weighted by Gasteiger charge is 2.25. The van der Waals surface area contributed by atoms with Gasteiger partial charge in [0.1, 0.15) is 0 Å². The fraction of sp³-hybridized carbons (Fsp3) is 0.600. The number of halogens is 1. The quantitative estimate of drug-likeness (QED) is 0.593. The van der Waals surface area contributed by atoms with Crippen LogP contribution in [0.2, 0.25) is 5.02 Å². The van der Waals surface area contributed by atoms with Crippen LogP contribution in [0.25, 0.3) is 0 Å². The molecule has 0 radical (unpaired) electrons. The molecule has 0 saturated carbocycles. The maximum Gasteiger partial charge on any atom is 0.409 e. The zero-order valence-corrected chi connectivity index (χ0v) is 17.5. The van der Waals surface area contributed by atoms with Crippen molar-refractivity contribution in [3.63, 3.8) is 0 Å². The number of ether oxygens (including phenoxy) is 1. The molecule has 7 heteroatoms. The third-order valence-corrected chi connectivity index (χ3v) is 5.16. The SMILES string of the molecule is CCOC(=O)N1CCC(NC(=NC)NCC(C)(C)c2ccc(Cl)cc2)CC1. The van der Waals surface area contributed by atoms with Crippen molar-refractivity contribution in [2.45, 2.75) is 45.1 Å². The van der Waals surface area contributed by atoms with E-state index in [0.29, 0.717) is 25.7 Å². The lowest BCUT2D eigenvalue weighted by molar-refractivity contribution is 0.0963. The van der Waals surface area contributed by atoms with Crippen molar-refractivity contribution in [3.05, 3.63) is 34.9 Å². The van der Waals surface area contributed by atoms with Crippen LogP contribution in [0.1, 0.15) is 39.2 Å². The molecule has 1 aliphatic rings. The monoisotopic (exact) mass is 394 g/mol. The number of carbonyl (C=O) groups excluding carboxylic acids is 1. The molecule has 0 atom stereocenters. The number of hydrogen-bond acceptors (Lipinski definition) is 3. The van der Waals surface area contributed by atoms with Crippen molar-refractivity contribution >= 4 is 23.7 Å². The molecule has 1 aromatic rings. The summed E-state index contributed by atoms with van der Waals surface area (Å²) < 4.78 is 5.07. The summed E-state index contributed by atoms with van der Waals surface area (Å²) in [6.07, 6.45) is 1.53. The molecule has 0 unspecified atom stereocenters. The Balaban J connectivity index is 1.82. The molecule has 1 fully saturated rings. The number of aliphatic imine (C=N–C) groups is 1. The molecule has 27 heavy (non-hydrogen) atoms. The highest BCUT2D eigenvalue weighted by molar-refractivity contribution is 6.30. The van der Waals surface area contributed by atoms with Gasteiger partial charge >= 0.3 is 6.09 Å². The van der Waals surface area contributed by atoms with Gasteiger partial charge in [0, 0.05) is 43.2 Å². The van der Waals surface area contributed by atoms with Crippen molar-refractivity contribution in [2.75, 3.05) is 33.3 Å². The Labute approximate surface area is 167 Å². The first kappa shape index (κ1) is 21.4. The molecule has 1 saturated heterocycles. The van der Waals surface area contributed by atoms with Crippen molar-refractivity contribution in [1.29, 1.82) is 0 Å². The van der Waals surface area contributed by atoms with Gasteiger partial charge in [0.25, 0.3) is 0 Å². The maximum absolute atomic E-state index is 11.8. The van der Waals surface area contributed by atoms with Crippen LogP contribution in [0, 0.1) is 0 Å². The van der Waals surface area contributed by atoms with Crippen molar-refractivity contribution in [3.8, 4) is 0 Å². The lowest BCUT2D eigenvalue weighted by Crippen LogP contribution is -2.51. The number of guanidine groups is 1. The summed E-state index contributed by atoms with van der Waals surface area (Å²) in [6, 6.07) is 8.25. The van der Waals surface area contributed by atoms with Crippen LogP contribution in [-0.2, 0) is 10.2 Å². The molecule has 1 amide bonds. The normalized spacial score (nSPS) is 16.2. The van der Waals surface area contributed by atoms with Crippen LogP contribution in [0.15, 0.2) is 29.3 Å². The van der Waals surface area contributed by atoms with E-state index < -0.39 is 0 Å². The van der Waals surface area contributed by atoms with Crippen LogP contribution in [0.5, 0.6) is 0 Å². The molecule has 1 aromatic carbocycles. The molecule has 1 aliphatic heterocycles. The molecule has 1 heterocycles. The number of nitrogens with one attached hydrogen (secondary N) is 2. The number of nitrogens with zero attached hydrogens (tertiary/aromatic N) is 2. The highest BCUT2D eigenvalue weighted by atomic mass is 35.5. The van der Waals surface area contributed by atoms with Gasteiger partial charge < -0.3 is 20.3 Å². The molecule has 0 bridgehead atoms. The topological polar surface area (TPSA) is 66.0 Å². The zero-order chi connectivity index (χ0) is 19.9. The standard InChI is InChI=1S/C20H31ClN4O2/c1-5-27-19(26)25-12-10-17(11-13-25)24-18(22-4)23-14-20(2,3)15-6-8-16(21)9-7-15/h6-9,17H,5,10-14H2,1-4H3,(H2,22,23,24). The van der Waals surface area contributed by atoms with Gasteiger partial charge in [0.15, 0.2) is 5.96 Å². The minimum absolute atomic E-state index is 0.0600. The third-order valence-electron chi connectivity index (χ3n) is 4.91. The maximum atomic E-state index is 11.8. The molecule has 150 valence electrons. The van der Waals surface area contributed by atoms with Gasteiger partial charge in [0.2, 0.25) is 0 Å². The second-order valence-corrected chi connectivity index (χ2v) is 7.86. The van der Waals surface area contributed by atoms with E-state index >= 15 is 0 Å². The minimum atomic E-state index is -0.219. The third kappa shape index (κ3) is 6.31. The average molecular weight is 395 g/mol. The van der Waals surface area contributed by atoms with Gasteiger partial charge in [-0.1, -0.05) is 37.6 Å². The summed E-state index contributed by atoms with van der Waals surface area (Å²) in [6.45, 7) is 8.76. The van der Waals surface area contributed by atoms with E-state index in [2.05, 4.69) is 41.6 Å². The molecule has 0 aromatic heterocycles. The Morgan fingerprint density at radius 2 is 1.93 bits per heavy atom. The molecule has 2 N–H and O–H groups in total. The number of hydrogen-bond donors (Lipinski definition) is 2. The van der Waals surface area contributed by atoms with Gasteiger partial charge in [-0.2, -0.15) is 0 Å². The predicted molar refractivity (Wildman–Crippen MR) is 111 cm³/mol. The number of carbonyl (C=O) groups is 1. The summed E-state index contributed by atoms with van der Waals surface area (Å²) in [4.78, 5) is 17.9. The van der Waals surface area contributed by atoms with E-state index in [9.17, 15) is 4.79 Å². The van der Waals surface area contributed by atoms with Gasteiger partial charge in [-0.25, -0.2) is 4.79 Å². The second-order valence-electron chi connectivity index (χ2n) is 7.42. The second kappa shape index (κ2) is 9.83. The number of amides is 1. The Morgan fingerprint density at radius 3 is 2.48 bits per heavy atom. The van der Waals surface area contributed by atoms with Gasteiger partial charge in [-0.05, 0) is 37.5 Å². The van der Waals surface area contributed by atoms with Crippen molar-refractivity contribution < 1.29 is 9.53 Å². The Kier molecular flexibility index (Phi) is 7.78. The van der Waals surface area contributed by atoms with Crippen LogP contribution < -0.4 is 10.6 Å². The van der Waals surface area contributed by atoms with Crippen LogP contribution in [0.4, 0.5) is 4.79 Å². The molecule has 2 rings (SSSR count). The molecular formula is C20H31ClN4O2. The summed E-state index contributed by atoms with van der Waals surface area (Å²) in [5.74, 6) is 0.784. The average Bonchev–Trinajstić information content (AvgIpc) is 2.66. The van der Waals surface area contributed by atoms with Crippen molar-refractivity contribution in [2.24, 2.45) is 4.99 Å². The zero-order valence-electron chi connectivity index (χ0n) is 16.7. The van der Waals surface area contributed by atoms with E-state index in [1.807, 2.05) is 19.1 Å². The lowest BCUT2D eigenvalue weighted by Gasteiger charge is -2.33. The first-order valence-electron chi connectivity index (χ1n) is 9.50. The predicted octanol–water partition coefficient (Wildman–Crippen LogP) is 3.40. The van der Waals surface area contributed by atoms with Gasteiger partial charge in [-0.3, -0.25) is 4.99 Å². The summed E-state index contributed by atoms with van der Waals surface area (Å²) >= 11 is 5.99. The first-order valence-corrected chi connectivity index (χ1v) is 9.88. The fourth-order valence-electron chi connectivity index (χ4n) is 3.12. The molecule has 0 spiro atoms. The molecule has 0 aliphatic carbocycles. The van der Waals surface area contributed by atoms with E-state index in [1.54, 1.807) is 11.9 Å². The number of likely N-dealkylation sites (tertiary alicyclic amines) is 1. The highest BCUT2D eigenvalue weighted by Crippen LogP contribution is 2.23. The summed E-state index contributed by atoms with van der Waals surface area (Å²) in [5, 5.41) is 7.64. The molecular weight excluding hydrogens is 364 g/mol.